The van der Waals surface area contributed by atoms with Gasteiger partial charge in [-0.1, -0.05) is 0 Å². The van der Waals surface area contributed by atoms with Crippen molar-refractivity contribution < 1.29 is 9.66 Å². The van der Waals surface area contributed by atoms with Crippen LogP contribution in [0.25, 0.3) is 0 Å². The Balaban J connectivity index is 2.32. The number of methoxy groups -OCH3 is 1. The largest absolute Gasteiger partial charge is 0.481 e. The smallest absolute Gasteiger partial charge is 0.311 e. The number of piperidine rings is 1. The van der Waals surface area contributed by atoms with E-state index in [9.17, 15) is 10.1 Å². The first kappa shape index (κ1) is 13.5. The summed E-state index contributed by atoms with van der Waals surface area (Å²) >= 11 is 0. The maximum absolute atomic E-state index is 11.1. The van der Waals surface area contributed by atoms with Gasteiger partial charge in [0.15, 0.2) is 0 Å². The zero-order valence-corrected chi connectivity index (χ0v) is 10.9. The number of nitrogens with two attached hydrogens (primary N) is 1. The Morgan fingerprint density at radius 1 is 1.63 bits per heavy atom. The summed E-state index contributed by atoms with van der Waals surface area (Å²) in [5.74, 6) is 1.12. The van der Waals surface area contributed by atoms with Crippen LogP contribution in [0.5, 0.6) is 5.88 Å². The van der Waals surface area contributed by atoms with Crippen molar-refractivity contribution in [2.75, 3.05) is 31.6 Å². The lowest BCUT2D eigenvalue weighted by Crippen LogP contribution is -2.39. The summed E-state index contributed by atoms with van der Waals surface area (Å²) in [6, 6.07) is 2.94. The average molecular weight is 266 g/mol. The minimum absolute atomic E-state index is 0.0125. The topological polar surface area (TPSA) is 94.5 Å². The molecule has 7 nitrogen and oxygen atoms in total. The van der Waals surface area contributed by atoms with Crippen LogP contribution < -0.4 is 15.4 Å². The summed E-state index contributed by atoms with van der Waals surface area (Å²) in [7, 11) is 1.50. The van der Waals surface area contributed by atoms with E-state index in [1.165, 1.54) is 19.2 Å². The van der Waals surface area contributed by atoms with Crippen molar-refractivity contribution in [2.24, 2.45) is 11.7 Å². The first-order valence-corrected chi connectivity index (χ1v) is 6.30. The third kappa shape index (κ3) is 2.93. The molecule has 0 saturated carbocycles. The number of pyridine rings is 1. The van der Waals surface area contributed by atoms with Crippen molar-refractivity contribution in [2.45, 2.75) is 12.8 Å². The van der Waals surface area contributed by atoms with Crippen molar-refractivity contribution in [3.63, 3.8) is 0 Å². The molecule has 1 fully saturated rings. The number of ether oxygens (including phenoxy) is 1. The third-order valence-electron chi connectivity index (χ3n) is 3.39. The Hall–Kier alpha value is -1.89. The number of rotatable bonds is 4. The maximum Gasteiger partial charge on any atom is 0.311 e. The lowest BCUT2D eigenvalue weighted by Gasteiger charge is -2.32. The molecule has 0 bridgehead atoms. The molecule has 2 heterocycles. The van der Waals surface area contributed by atoms with Crippen LogP contribution in [0.1, 0.15) is 12.8 Å². The van der Waals surface area contributed by atoms with E-state index in [2.05, 4.69) is 4.98 Å². The van der Waals surface area contributed by atoms with Crippen LogP contribution in [-0.2, 0) is 0 Å². The van der Waals surface area contributed by atoms with Crippen molar-refractivity contribution in [1.82, 2.24) is 4.98 Å². The molecule has 1 aliphatic rings. The molecule has 1 unspecified atom stereocenters. The first-order chi connectivity index (χ1) is 9.15. The lowest BCUT2D eigenvalue weighted by atomic mass is 9.98. The van der Waals surface area contributed by atoms with E-state index in [4.69, 9.17) is 10.5 Å². The molecule has 104 valence electrons. The third-order valence-corrected chi connectivity index (χ3v) is 3.39. The SMILES string of the molecule is COc1ccc([N+](=O)[O-])c(N2CCCC(CN)C2)n1. The van der Waals surface area contributed by atoms with Gasteiger partial charge in [0.05, 0.1) is 12.0 Å². The maximum atomic E-state index is 11.1. The van der Waals surface area contributed by atoms with Crippen molar-refractivity contribution in [3.05, 3.63) is 22.2 Å². The molecule has 0 amide bonds. The van der Waals surface area contributed by atoms with Crippen molar-refractivity contribution in [3.8, 4) is 5.88 Å². The fourth-order valence-electron chi connectivity index (χ4n) is 2.36. The Labute approximate surface area is 111 Å². The molecule has 0 aromatic carbocycles. The second-order valence-electron chi connectivity index (χ2n) is 4.64. The van der Waals surface area contributed by atoms with Crippen LogP contribution in [-0.4, -0.2) is 36.7 Å². The summed E-state index contributed by atoms with van der Waals surface area (Å²) in [6.45, 7) is 2.06. The minimum atomic E-state index is -0.409. The molecule has 1 aromatic rings. The number of hydrogen-bond acceptors (Lipinski definition) is 6. The van der Waals surface area contributed by atoms with Crippen LogP contribution >= 0.6 is 0 Å². The summed E-state index contributed by atoms with van der Waals surface area (Å²) < 4.78 is 5.05. The fraction of sp³-hybridized carbons (Fsp3) is 0.583. The molecular formula is C12H18N4O3. The predicted octanol–water partition coefficient (Wildman–Crippen LogP) is 1.17. The molecule has 0 spiro atoms. The van der Waals surface area contributed by atoms with Gasteiger partial charge in [0.1, 0.15) is 0 Å². The standard InChI is InChI=1S/C12H18N4O3/c1-19-11-5-4-10(16(17)18)12(14-11)15-6-2-3-9(7-13)8-15/h4-5,9H,2-3,6-8,13H2,1H3. The van der Waals surface area contributed by atoms with E-state index in [0.29, 0.717) is 30.7 Å². The van der Waals surface area contributed by atoms with Crippen LogP contribution in [0.15, 0.2) is 12.1 Å². The lowest BCUT2D eigenvalue weighted by molar-refractivity contribution is -0.384. The van der Waals surface area contributed by atoms with Gasteiger partial charge < -0.3 is 15.4 Å². The monoisotopic (exact) mass is 266 g/mol. The normalized spacial score (nSPS) is 19.3. The molecule has 1 aromatic heterocycles. The van der Waals surface area contributed by atoms with Gasteiger partial charge in [0.25, 0.3) is 0 Å². The fourth-order valence-corrected chi connectivity index (χ4v) is 2.36. The van der Waals surface area contributed by atoms with Gasteiger partial charge in [0.2, 0.25) is 11.7 Å². The zero-order valence-electron chi connectivity index (χ0n) is 10.9. The van der Waals surface area contributed by atoms with Gasteiger partial charge in [0, 0.05) is 25.2 Å². The number of hydrogen-bond donors (Lipinski definition) is 1. The summed E-state index contributed by atoms with van der Waals surface area (Å²) in [4.78, 5) is 16.8. The molecule has 2 rings (SSSR count). The quantitative estimate of drug-likeness (QED) is 0.649. The first-order valence-electron chi connectivity index (χ1n) is 6.30. The summed E-state index contributed by atoms with van der Waals surface area (Å²) in [5.41, 5.74) is 5.70. The second-order valence-corrected chi connectivity index (χ2v) is 4.64. The molecule has 1 atom stereocenters. The van der Waals surface area contributed by atoms with E-state index in [-0.39, 0.29) is 5.69 Å². The molecule has 19 heavy (non-hydrogen) atoms. The van der Waals surface area contributed by atoms with E-state index in [0.717, 1.165) is 19.4 Å². The predicted molar refractivity (Wildman–Crippen MR) is 71.4 cm³/mol. The summed E-state index contributed by atoms with van der Waals surface area (Å²) in [5, 5.41) is 11.1. The Bertz CT molecular complexity index is 466. The van der Waals surface area contributed by atoms with Crippen LogP contribution in [0.3, 0.4) is 0 Å². The highest BCUT2D eigenvalue weighted by atomic mass is 16.6. The highest BCUT2D eigenvalue weighted by Crippen LogP contribution is 2.31. The van der Waals surface area contributed by atoms with E-state index in [1.807, 2.05) is 4.90 Å². The molecule has 7 heteroatoms. The van der Waals surface area contributed by atoms with Crippen molar-refractivity contribution >= 4 is 11.5 Å². The van der Waals surface area contributed by atoms with Gasteiger partial charge in [-0.3, -0.25) is 10.1 Å². The Kier molecular flexibility index (Phi) is 4.16. The molecule has 0 aliphatic carbocycles. The molecule has 0 radical (unpaired) electrons. The number of anilines is 1. The van der Waals surface area contributed by atoms with Gasteiger partial charge in [-0.2, -0.15) is 4.98 Å². The Morgan fingerprint density at radius 2 is 2.42 bits per heavy atom. The Morgan fingerprint density at radius 3 is 3.05 bits per heavy atom. The molecule has 1 aliphatic heterocycles. The highest BCUT2D eigenvalue weighted by Gasteiger charge is 2.26. The van der Waals surface area contributed by atoms with Gasteiger partial charge in [-0.15, -0.1) is 0 Å². The van der Waals surface area contributed by atoms with Crippen LogP contribution in [0, 0.1) is 16.0 Å². The second kappa shape index (κ2) is 5.83. The number of nitrogens with zero attached hydrogens (tertiary/aromatic N) is 3. The van der Waals surface area contributed by atoms with E-state index >= 15 is 0 Å². The van der Waals surface area contributed by atoms with Gasteiger partial charge >= 0.3 is 5.69 Å². The van der Waals surface area contributed by atoms with Gasteiger partial charge in [-0.25, -0.2) is 0 Å². The van der Waals surface area contributed by atoms with Crippen LogP contribution in [0.2, 0.25) is 0 Å². The van der Waals surface area contributed by atoms with E-state index in [1.54, 1.807) is 0 Å². The molecular weight excluding hydrogens is 248 g/mol. The van der Waals surface area contributed by atoms with Crippen molar-refractivity contribution in [1.29, 1.82) is 0 Å². The average Bonchev–Trinajstić information content (AvgIpc) is 2.46. The summed E-state index contributed by atoms with van der Waals surface area (Å²) in [6.07, 6.45) is 2.03. The highest BCUT2D eigenvalue weighted by molar-refractivity contribution is 5.59. The van der Waals surface area contributed by atoms with Gasteiger partial charge in [-0.05, 0) is 25.3 Å². The molecule has 1 saturated heterocycles. The minimum Gasteiger partial charge on any atom is -0.481 e. The van der Waals surface area contributed by atoms with Crippen LogP contribution in [0.4, 0.5) is 11.5 Å². The number of nitro groups is 1. The number of aromatic nitrogens is 1. The molecule has 2 N–H and O–H groups in total. The van der Waals surface area contributed by atoms with E-state index < -0.39 is 4.92 Å². The zero-order chi connectivity index (χ0) is 13.8.